The number of nitrogens with one attached hydrogen (secondary N) is 1. The maximum Gasteiger partial charge on any atom is 0.162 e. The Hall–Kier alpha value is -2.43. The number of benzene rings is 3. The number of methoxy groups -OCH3 is 2. The fourth-order valence-corrected chi connectivity index (χ4v) is 3.46. The SMILES string of the molecule is COc1cc(Cl)c(CNCc2c(OCC(C)C)ccc3ccccc23)cc1OC. The number of rotatable bonds is 9. The Morgan fingerprint density at radius 2 is 1.62 bits per heavy atom. The second-order valence-corrected chi connectivity index (χ2v) is 7.78. The first kappa shape index (κ1) is 21.3. The van der Waals surface area contributed by atoms with E-state index in [0.29, 0.717) is 42.1 Å². The van der Waals surface area contributed by atoms with E-state index in [1.807, 2.05) is 6.07 Å². The van der Waals surface area contributed by atoms with Gasteiger partial charge in [-0.25, -0.2) is 0 Å². The molecule has 29 heavy (non-hydrogen) atoms. The monoisotopic (exact) mass is 413 g/mol. The van der Waals surface area contributed by atoms with Crippen molar-refractivity contribution >= 4 is 22.4 Å². The van der Waals surface area contributed by atoms with Crippen molar-refractivity contribution in [1.82, 2.24) is 5.32 Å². The molecule has 0 saturated heterocycles. The van der Waals surface area contributed by atoms with E-state index in [0.717, 1.165) is 16.9 Å². The van der Waals surface area contributed by atoms with Gasteiger partial charge >= 0.3 is 0 Å². The predicted octanol–water partition coefficient (Wildman–Crippen LogP) is 5.84. The van der Waals surface area contributed by atoms with Crippen LogP contribution in [-0.4, -0.2) is 20.8 Å². The van der Waals surface area contributed by atoms with Crippen molar-refractivity contribution in [2.45, 2.75) is 26.9 Å². The second-order valence-electron chi connectivity index (χ2n) is 7.37. The van der Waals surface area contributed by atoms with E-state index in [9.17, 15) is 0 Å². The van der Waals surface area contributed by atoms with Gasteiger partial charge in [0.1, 0.15) is 5.75 Å². The average molecular weight is 414 g/mol. The summed E-state index contributed by atoms with van der Waals surface area (Å²) in [6.07, 6.45) is 0. The van der Waals surface area contributed by atoms with Crippen molar-refractivity contribution in [2.24, 2.45) is 5.92 Å². The van der Waals surface area contributed by atoms with Gasteiger partial charge in [0.2, 0.25) is 0 Å². The standard InChI is InChI=1S/C24H28ClNO3/c1-16(2)15-29-22-10-9-17-7-5-6-8-19(17)20(22)14-26-13-18-11-23(27-3)24(28-4)12-21(18)25/h5-12,16,26H,13-15H2,1-4H3. The van der Waals surface area contributed by atoms with Crippen LogP contribution in [0.5, 0.6) is 17.2 Å². The van der Waals surface area contributed by atoms with Crippen molar-refractivity contribution in [3.8, 4) is 17.2 Å². The van der Waals surface area contributed by atoms with Crippen molar-refractivity contribution in [3.05, 3.63) is 64.7 Å². The highest BCUT2D eigenvalue weighted by atomic mass is 35.5. The smallest absolute Gasteiger partial charge is 0.162 e. The van der Waals surface area contributed by atoms with Crippen LogP contribution in [0.1, 0.15) is 25.0 Å². The molecule has 0 aromatic heterocycles. The number of hydrogen-bond donors (Lipinski definition) is 1. The first-order chi connectivity index (χ1) is 14.0. The van der Waals surface area contributed by atoms with Crippen LogP contribution in [0.2, 0.25) is 5.02 Å². The molecule has 0 saturated carbocycles. The first-order valence-electron chi connectivity index (χ1n) is 9.78. The van der Waals surface area contributed by atoms with Crippen molar-refractivity contribution in [1.29, 1.82) is 0 Å². The summed E-state index contributed by atoms with van der Waals surface area (Å²) in [4.78, 5) is 0. The fourth-order valence-electron chi connectivity index (χ4n) is 3.24. The fraction of sp³-hybridized carbons (Fsp3) is 0.333. The summed E-state index contributed by atoms with van der Waals surface area (Å²) in [5.74, 6) is 2.68. The molecule has 0 fully saturated rings. The third-order valence-corrected chi connectivity index (χ3v) is 5.09. The zero-order valence-corrected chi connectivity index (χ0v) is 18.2. The lowest BCUT2D eigenvalue weighted by Crippen LogP contribution is -2.15. The maximum absolute atomic E-state index is 6.43. The molecule has 154 valence electrons. The molecule has 0 spiro atoms. The summed E-state index contributed by atoms with van der Waals surface area (Å²) in [5, 5.41) is 6.54. The van der Waals surface area contributed by atoms with Crippen LogP contribution in [0.15, 0.2) is 48.5 Å². The van der Waals surface area contributed by atoms with E-state index in [1.165, 1.54) is 10.8 Å². The highest BCUT2D eigenvalue weighted by molar-refractivity contribution is 6.31. The molecule has 0 aliphatic rings. The molecule has 3 aromatic rings. The number of halogens is 1. The molecule has 0 unspecified atom stereocenters. The largest absolute Gasteiger partial charge is 0.493 e. The van der Waals surface area contributed by atoms with E-state index < -0.39 is 0 Å². The van der Waals surface area contributed by atoms with E-state index in [4.69, 9.17) is 25.8 Å². The van der Waals surface area contributed by atoms with E-state index in [1.54, 1.807) is 20.3 Å². The van der Waals surface area contributed by atoms with Crippen molar-refractivity contribution in [3.63, 3.8) is 0 Å². The Morgan fingerprint density at radius 3 is 2.34 bits per heavy atom. The van der Waals surface area contributed by atoms with Gasteiger partial charge in [-0.05, 0) is 34.4 Å². The van der Waals surface area contributed by atoms with Crippen LogP contribution >= 0.6 is 11.6 Å². The molecule has 4 nitrogen and oxygen atoms in total. The van der Waals surface area contributed by atoms with Crippen LogP contribution < -0.4 is 19.5 Å². The summed E-state index contributed by atoms with van der Waals surface area (Å²) in [6.45, 7) is 6.26. The molecule has 5 heteroatoms. The van der Waals surface area contributed by atoms with Crippen molar-refractivity contribution in [2.75, 3.05) is 20.8 Å². The van der Waals surface area contributed by atoms with Crippen LogP contribution in [0.4, 0.5) is 0 Å². The highest BCUT2D eigenvalue weighted by Gasteiger charge is 2.12. The van der Waals surface area contributed by atoms with Crippen molar-refractivity contribution < 1.29 is 14.2 Å². The van der Waals surface area contributed by atoms with Gasteiger partial charge in [0.05, 0.1) is 20.8 Å². The maximum atomic E-state index is 6.43. The third kappa shape index (κ3) is 5.14. The van der Waals surface area contributed by atoms with Gasteiger partial charge in [0, 0.05) is 29.7 Å². The summed E-state index contributed by atoms with van der Waals surface area (Å²) in [7, 11) is 3.22. The molecular weight excluding hydrogens is 386 g/mol. The second kappa shape index (κ2) is 9.86. The van der Waals surface area contributed by atoms with Crippen LogP contribution in [0.25, 0.3) is 10.8 Å². The number of hydrogen-bond acceptors (Lipinski definition) is 4. The molecule has 0 aliphatic heterocycles. The van der Waals surface area contributed by atoms with E-state index in [2.05, 4.69) is 55.6 Å². The minimum atomic E-state index is 0.466. The number of ether oxygens (including phenoxy) is 3. The first-order valence-corrected chi connectivity index (χ1v) is 10.2. The average Bonchev–Trinajstić information content (AvgIpc) is 2.73. The Labute approximate surface area is 177 Å². The molecule has 0 atom stereocenters. The Kier molecular flexibility index (Phi) is 7.24. The lowest BCUT2D eigenvalue weighted by atomic mass is 10.0. The molecule has 3 aromatic carbocycles. The van der Waals surface area contributed by atoms with E-state index in [-0.39, 0.29) is 0 Å². The molecule has 0 amide bonds. The zero-order valence-electron chi connectivity index (χ0n) is 17.4. The highest BCUT2D eigenvalue weighted by Crippen LogP contribution is 2.33. The normalized spacial score (nSPS) is 11.1. The van der Waals surface area contributed by atoms with Gasteiger partial charge in [-0.3, -0.25) is 0 Å². The molecule has 3 rings (SSSR count). The molecular formula is C24H28ClNO3. The summed E-state index contributed by atoms with van der Waals surface area (Å²) in [5.41, 5.74) is 2.11. The van der Waals surface area contributed by atoms with Crippen LogP contribution in [0.3, 0.4) is 0 Å². The van der Waals surface area contributed by atoms with Gasteiger partial charge in [0.25, 0.3) is 0 Å². The molecule has 0 aliphatic carbocycles. The summed E-state index contributed by atoms with van der Waals surface area (Å²) < 4.78 is 16.8. The predicted molar refractivity (Wildman–Crippen MR) is 119 cm³/mol. The molecule has 0 radical (unpaired) electrons. The van der Waals surface area contributed by atoms with Gasteiger partial charge in [-0.15, -0.1) is 0 Å². The Morgan fingerprint density at radius 1 is 0.897 bits per heavy atom. The minimum absolute atomic E-state index is 0.466. The topological polar surface area (TPSA) is 39.7 Å². The minimum Gasteiger partial charge on any atom is -0.493 e. The molecule has 0 bridgehead atoms. The number of fused-ring (bicyclic) bond motifs is 1. The third-order valence-electron chi connectivity index (χ3n) is 4.74. The van der Waals surface area contributed by atoms with Crippen LogP contribution in [0, 0.1) is 5.92 Å². The van der Waals surface area contributed by atoms with E-state index >= 15 is 0 Å². The molecule has 1 N–H and O–H groups in total. The lowest BCUT2D eigenvalue weighted by Gasteiger charge is -2.17. The summed E-state index contributed by atoms with van der Waals surface area (Å²) in [6, 6.07) is 16.2. The van der Waals surface area contributed by atoms with Gasteiger partial charge in [0.15, 0.2) is 11.5 Å². The zero-order chi connectivity index (χ0) is 20.8. The van der Waals surface area contributed by atoms with Crippen LogP contribution in [-0.2, 0) is 13.1 Å². The van der Waals surface area contributed by atoms with Gasteiger partial charge in [-0.2, -0.15) is 0 Å². The lowest BCUT2D eigenvalue weighted by molar-refractivity contribution is 0.268. The van der Waals surface area contributed by atoms with Gasteiger partial charge in [-0.1, -0.05) is 55.8 Å². The summed E-state index contributed by atoms with van der Waals surface area (Å²) >= 11 is 6.43. The van der Waals surface area contributed by atoms with Gasteiger partial charge < -0.3 is 19.5 Å². The quantitative estimate of drug-likeness (QED) is 0.478. The molecule has 0 heterocycles. The Bertz CT molecular complexity index is 972. The Balaban J connectivity index is 1.82.